The summed E-state index contributed by atoms with van der Waals surface area (Å²) in [5, 5.41) is 4.72. The maximum Gasteiger partial charge on any atom is 0.164 e. The maximum atomic E-state index is 5.07. The van der Waals surface area contributed by atoms with Gasteiger partial charge in [0.15, 0.2) is 23.3 Å². The van der Waals surface area contributed by atoms with Crippen LogP contribution in [0.3, 0.4) is 0 Å². The molecule has 5 heteroatoms. The number of rotatable bonds is 5. The van der Waals surface area contributed by atoms with Crippen LogP contribution in [0.2, 0.25) is 0 Å². The average molecular weight is 592 g/mol. The van der Waals surface area contributed by atoms with Gasteiger partial charge in [-0.1, -0.05) is 109 Å². The van der Waals surface area contributed by atoms with Crippen LogP contribution < -0.4 is 0 Å². The van der Waals surface area contributed by atoms with E-state index in [-0.39, 0.29) is 0 Å². The number of aromatic nitrogens is 5. The molecule has 8 rings (SSSR count). The smallest absolute Gasteiger partial charge is 0.164 e. The van der Waals surface area contributed by atoms with Crippen LogP contribution in [-0.4, -0.2) is 24.9 Å². The zero-order valence-electron chi connectivity index (χ0n) is 25.5. The highest BCUT2D eigenvalue weighted by Crippen LogP contribution is 2.40. The van der Waals surface area contributed by atoms with Crippen LogP contribution in [0.5, 0.6) is 0 Å². The summed E-state index contributed by atoms with van der Waals surface area (Å²) in [6.07, 6.45) is 0. The van der Waals surface area contributed by atoms with Crippen molar-refractivity contribution in [3.05, 3.63) is 151 Å². The van der Waals surface area contributed by atoms with E-state index in [0.717, 1.165) is 44.8 Å². The first-order valence-corrected chi connectivity index (χ1v) is 15.3. The lowest BCUT2D eigenvalue weighted by atomic mass is 9.90. The molecule has 6 aromatic carbocycles. The molecular formula is C41H29N5. The zero-order chi connectivity index (χ0) is 31.0. The second kappa shape index (κ2) is 11.5. The Morgan fingerprint density at radius 2 is 0.717 bits per heavy atom. The lowest BCUT2D eigenvalue weighted by Gasteiger charge is -2.15. The van der Waals surface area contributed by atoms with E-state index in [4.69, 9.17) is 24.9 Å². The van der Waals surface area contributed by atoms with Crippen LogP contribution in [0.15, 0.2) is 140 Å². The Labute approximate surface area is 267 Å². The van der Waals surface area contributed by atoms with E-state index < -0.39 is 0 Å². The van der Waals surface area contributed by atoms with E-state index in [0.29, 0.717) is 23.3 Å². The fraction of sp³-hybridized carbons (Fsp3) is 0.0488. The molecule has 0 bridgehead atoms. The summed E-state index contributed by atoms with van der Waals surface area (Å²) in [7, 11) is 0. The van der Waals surface area contributed by atoms with Crippen molar-refractivity contribution in [2.75, 3.05) is 0 Å². The molecule has 0 aliphatic carbocycles. The summed E-state index contributed by atoms with van der Waals surface area (Å²) in [6.45, 7) is 4.01. The standard InChI is InChI=1S/C41H29N5/c1-26-21-27(2)43-40(42-26)33-23-32(37-35-19-11-9-17-30(35)22-31-18-10-12-20-36(31)37)24-34(25-33)41-45-38(28-13-5-3-6-14-28)44-39(46-41)29-15-7-4-8-16-29/h3-25H,1-2H3. The molecule has 2 aromatic heterocycles. The molecule has 0 aliphatic rings. The normalized spacial score (nSPS) is 11.3. The van der Waals surface area contributed by atoms with Gasteiger partial charge in [0.2, 0.25) is 0 Å². The van der Waals surface area contributed by atoms with E-state index in [1.165, 1.54) is 21.5 Å². The zero-order valence-corrected chi connectivity index (χ0v) is 25.5. The predicted molar refractivity (Wildman–Crippen MR) is 187 cm³/mol. The Balaban J connectivity index is 1.44. The molecule has 218 valence electrons. The van der Waals surface area contributed by atoms with Gasteiger partial charge in [-0.05, 0) is 76.9 Å². The largest absolute Gasteiger partial charge is 0.233 e. The van der Waals surface area contributed by atoms with Crippen molar-refractivity contribution in [3.63, 3.8) is 0 Å². The van der Waals surface area contributed by atoms with Crippen LogP contribution in [0.4, 0.5) is 0 Å². The Morgan fingerprint density at radius 1 is 0.326 bits per heavy atom. The van der Waals surface area contributed by atoms with E-state index >= 15 is 0 Å². The van der Waals surface area contributed by atoms with Crippen molar-refractivity contribution in [1.82, 2.24) is 24.9 Å². The minimum Gasteiger partial charge on any atom is -0.233 e. The third-order valence-electron chi connectivity index (χ3n) is 8.19. The first kappa shape index (κ1) is 27.5. The minimum atomic E-state index is 0.588. The molecule has 0 N–H and O–H groups in total. The molecule has 0 aliphatic heterocycles. The second-order valence-corrected chi connectivity index (χ2v) is 11.5. The Hall–Kier alpha value is -6.07. The highest BCUT2D eigenvalue weighted by atomic mass is 15.0. The molecule has 46 heavy (non-hydrogen) atoms. The SMILES string of the molecule is Cc1cc(C)nc(-c2cc(-c3nc(-c4ccccc4)nc(-c4ccccc4)n3)cc(-c3c4ccccc4cc4ccccc34)c2)n1. The van der Waals surface area contributed by atoms with Gasteiger partial charge in [-0.25, -0.2) is 24.9 Å². The minimum absolute atomic E-state index is 0.588. The molecule has 0 fully saturated rings. The summed E-state index contributed by atoms with van der Waals surface area (Å²) >= 11 is 0. The summed E-state index contributed by atoms with van der Waals surface area (Å²) in [4.78, 5) is 24.8. The number of benzene rings is 6. The topological polar surface area (TPSA) is 64.5 Å². The third kappa shape index (κ3) is 5.18. The number of fused-ring (bicyclic) bond motifs is 2. The molecule has 2 heterocycles. The Kier molecular flexibility index (Phi) is 6.84. The second-order valence-electron chi connectivity index (χ2n) is 11.5. The van der Waals surface area contributed by atoms with Gasteiger partial charge < -0.3 is 0 Å². The molecule has 8 aromatic rings. The fourth-order valence-corrected chi connectivity index (χ4v) is 6.15. The monoisotopic (exact) mass is 591 g/mol. The number of nitrogens with zero attached hydrogens (tertiary/aromatic N) is 5. The summed E-state index contributed by atoms with van der Waals surface area (Å²) < 4.78 is 0. The van der Waals surface area contributed by atoms with Gasteiger partial charge in [-0.3, -0.25) is 0 Å². The van der Waals surface area contributed by atoms with Crippen molar-refractivity contribution in [3.8, 4) is 56.7 Å². The Morgan fingerprint density at radius 3 is 1.22 bits per heavy atom. The van der Waals surface area contributed by atoms with Crippen LogP contribution in [0.1, 0.15) is 11.4 Å². The third-order valence-corrected chi connectivity index (χ3v) is 8.19. The van der Waals surface area contributed by atoms with Crippen molar-refractivity contribution in [1.29, 1.82) is 0 Å². The van der Waals surface area contributed by atoms with Gasteiger partial charge in [0.05, 0.1) is 0 Å². The van der Waals surface area contributed by atoms with Gasteiger partial charge in [-0.15, -0.1) is 0 Å². The lowest BCUT2D eigenvalue weighted by Crippen LogP contribution is -2.01. The molecule has 0 atom stereocenters. The highest BCUT2D eigenvalue weighted by molar-refractivity contribution is 6.13. The molecule has 0 radical (unpaired) electrons. The van der Waals surface area contributed by atoms with Crippen molar-refractivity contribution in [2.24, 2.45) is 0 Å². The van der Waals surface area contributed by atoms with E-state index in [1.54, 1.807) is 0 Å². The van der Waals surface area contributed by atoms with Crippen LogP contribution in [-0.2, 0) is 0 Å². The van der Waals surface area contributed by atoms with Crippen molar-refractivity contribution >= 4 is 21.5 Å². The first-order chi connectivity index (χ1) is 22.6. The summed E-state index contributed by atoms with van der Waals surface area (Å²) in [5.41, 5.74) is 7.66. The Bertz CT molecular complexity index is 2250. The highest BCUT2D eigenvalue weighted by Gasteiger charge is 2.18. The first-order valence-electron chi connectivity index (χ1n) is 15.3. The molecule has 0 saturated heterocycles. The van der Waals surface area contributed by atoms with E-state index in [9.17, 15) is 0 Å². The van der Waals surface area contributed by atoms with Crippen LogP contribution in [0, 0.1) is 13.8 Å². The number of hydrogen-bond acceptors (Lipinski definition) is 5. The number of aryl methyl sites for hydroxylation is 2. The van der Waals surface area contributed by atoms with Gasteiger partial charge in [-0.2, -0.15) is 0 Å². The molecule has 0 spiro atoms. The van der Waals surface area contributed by atoms with Gasteiger partial charge >= 0.3 is 0 Å². The van der Waals surface area contributed by atoms with Gasteiger partial charge in [0, 0.05) is 33.6 Å². The summed E-state index contributed by atoms with van der Waals surface area (Å²) in [6, 6.07) is 48.0. The van der Waals surface area contributed by atoms with Crippen molar-refractivity contribution in [2.45, 2.75) is 13.8 Å². The quantitative estimate of drug-likeness (QED) is 0.186. The van der Waals surface area contributed by atoms with Gasteiger partial charge in [0.25, 0.3) is 0 Å². The molecule has 5 nitrogen and oxygen atoms in total. The predicted octanol–water partition coefficient (Wildman–Crippen LogP) is 9.92. The lowest BCUT2D eigenvalue weighted by molar-refractivity contribution is 1.06. The fourth-order valence-electron chi connectivity index (χ4n) is 6.15. The molecule has 0 amide bonds. The van der Waals surface area contributed by atoms with E-state index in [1.807, 2.05) is 80.6 Å². The number of hydrogen-bond donors (Lipinski definition) is 0. The van der Waals surface area contributed by atoms with Gasteiger partial charge in [0.1, 0.15) is 0 Å². The average Bonchev–Trinajstić information content (AvgIpc) is 3.10. The molecule has 0 unspecified atom stereocenters. The summed E-state index contributed by atoms with van der Waals surface area (Å²) in [5.74, 6) is 2.50. The van der Waals surface area contributed by atoms with Crippen LogP contribution >= 0.6 is 0 Å². The van der Waals surface area contributed by atoms with Crippen LogP contribution in [0.25, 0.3) is 78.2 Å². The molecular weight excluding hydrogens is 562 g/mol. The van der Waals surface area contributed by atoms with Crippen molar-refractivity contribution < 1.29 is 0 Å². The maximum absolute atomic E-state index is 5.07. The van der Waals surface area contributed by atoms with E-state index in [2.05, 4.69) is 72.8 Å². The molecule has 0 saturated carbocycles.